The van der Waals surface area contributed by atoms with Gasteiger partial charge in [0.05, 0.1) is 12.2 Å². The molecule has 0 fully saturated rings. The summed E-state index contributed by atoms with van der Waals surface area (Å²) in [6.07, 6.45) is 0.258. The highest BCUT2D eigenvalue weighted by molar-refractivity contribution is 7.98. The molecule has 2 N–H and O–H groups in total. The number of ether oxygens (including phenoxy) is 1. The van der Waals surface area contributed by atoms with E-state index in [0.29, 0.717) is 17.3 Å². The van der Waals surface area contributed by atoms with Crippen molar-refractivity contribution in [2.45, 2.75) is 24.8 Å². The van der Waals surface area contributed by atoms with Gasteiger partial charge >= 0.3 is 0 Å². The Balaban J connectivity index is 1.91. The van der Waals surface area contributed by atoms with Crippen LogP contribution in [0.2, 0.25) is 5.02 Å². The molecule has 0 spiro atoms. The van der Waals surface area contributed by atoms with Gasteiger partial charge in [-0.25, -0.2) is 8.78 Å². The number of benzene rings is 2. The molecule has 0 bridgehead atoms. The lowest BCUT2D eigenvalue weighted by molar-refractivity contribution is -0.137. The minimum Gasteiger partial charge on any atom is -0.471 e. The first kappa shape index (κ1) is 29.1. The molecule has 1 unspecified atom stereocenters. The van der Waals surface area contributed by atoms with E-state index in [1.54, 1.807) is 19.2 Å². The summed E-state index contributed by atoms with van der Waals surface area (Å²) in [6.45, 7) is 1.08. The van der Waals surface area contributed by atoms with Crippen molar-refractivity contribution in [1.82, 2.24) is 19.8 Å². The molecule has 0 aliphatic heterocycles. The molecule has 13 heteroatoms. The molecule has 202 valence electrons. The molecule has 38 heavy (non-hydrogen) atoms. The molecule has 0 radical (unpaired) electrons. The average molecular weight is 567 g/mol. The summed E-state index contributed by atoms with van der Waals surface area (Å²) < 4.78 is 33.9. The highest BCUT2D eigenvalue weighted by Gasteiger charge is 2.21. The molecule has 0 saturated carbocycles. The number of halogens is 3. The normalized spacial score (nSPS) is 11.7. The average Bonchev–Trinajstić information content (AvgIpc) is 2.88. The van der Waals surface area contributed by atoms with Crippen LogP contribution in [-0.2, 0) is 11.4 Å². The Bertz CT molecular complexity index is 1430. The van der Waals surface area contributed by atoms with Gasteiger partial charge in [-0.2, -0.15) is 4.98 Å². The summed E-state index contributed by atoms with van der Waals surface area (Å²) in [7, 11) is 2.97. The maximum absolute atomic E-state index is 14.0. The smallest absolute Gasteiger partial charge is 0.281 e. The fourth-order valence-corrected chi connectivity index (χ4v) is 4.08. The number of hydrogen-bond acceptors (Lipinski definition) is 7. The highest BCUT2D eigenvalue weighted by Crippen LogP contribution is 2.27. The first-order valence-electron chi connectivity index (χ1n) is 11.2. The Morgan fingerprint density at radius 1 is 1.24 bits per heavy atom. The van der Waals surface area contributed by atoms with Crippen LogP contribution in [0.1, 0.15) is 21.5 Å². The van der Waals surface area contributed by atoms with Crippen LogP contribution in [0.4, 0.5) is 8.78 Å². The molecule has 1 aromatic heterocycles. The van der Waals surface area contributed by atoms with Crippen LogP contribution < -0.4 is 15.6 Å². The largest absolute Gasteiger partial charge is 0.471 e. The van der Waals surface area contributed by atoms with Crippen molar-refractivity contribution in [3.8, 4) is 11.6 Å². The molecule has 1 heterocycles. The summed E-state index contributed by atoms with van der Waals surface area (Å²) in [6, 6.07) is 7.61. The second kappa shape index (κ2) is 12.4. The van der Waals surface area contributed by atoms with Crippen LogP contribution >= 0.6 is 23.4 Å². The van der Waals surface area contributed by atoms with E-state index in [0.717, 1.165) is 17.8 Å². The zero-order chi connectivity index (χ0) is 28.1. The van der Waals surface area contributed by atoms with Crippen molar-refractivity contribution in [2.24, 2.45) is 0 Å². The van der Waals surface area contributed by atoms with Gasteiger partial charge in [-0.15, -0.1) is 0 Å². The molecule has 2 aromatic carbocycles. The number of aromatic nitrogens is 2. The molecule has 3 rings (SSSR count). The van der Waals surface area contributed by atoms with Crippen LogP contribution in [0.15, 0.2) is 46.3 Å². The van der Waals surface area contributed by atoms with Gasteiger partial charge in [-0.3, -0.25) is 19.0 Å². The lowest BCUT2D eigenvalue weighted by atomic mass is 10.1. The first-order valence-corrected chi connectivity index (χ1v) is 12.8. The molecule has 3 aromatic rings. The number of aliphatic hydroxyl groups excluding tert-OH is 1. The van der Waals surface area contributed by atoms with Crippen molar-refractivity contribution in [3.63, 3.8) is 0 Å². The molecule has 1 atom stereocenters. The number of aryl methyl sites for hydroxylation is 1. The quantitative estimate of drug-likeness (QED) is 0.302. The van der Waals surface area contributed by atoms with E-state index in [1.165, 1.54) is 41.8 Å². The Labute approximate surface area is 226 Å². The fraction of sp³-hybridized carbons (Fsp3) is 0.280. The van der Waals surface area contributed by atoms with E-state index >= 15 is 0 Å². The summed E-state index contributed by atoms with van der Waals surface area (Å²) in [5, 5.41) is 12.2. The molecule has 9 nitrogen and oxygen atoms in total. The van der Waals surface area contributed by atoms with Gasteiger partial charge in [0.1, 0.15) is 24.3 Å². The second-order valence-corrected chi connectivity index (χ2v) is 9.49. The first-order chi connectivity index (χ1) is 17.9. The van der Waals surface area contributed by atoms with E-state index in [9.17, 15) is 28.3 Å². The molecule has 0 saturated heterocycles. The number of likely N-dealkylation sites (N-methyl/N-ethyl adjacent to an activating group) is 1. The summed E-state index contributed by atoms with van der Waals surface area (Å²) in [4.78, 5) is 43.3. The van der Waals surface area contributed by atoms with Crippen molar-refractivity contribution >= 4 is 35.2 Å². The third kappa shape index (κ3) is 6.50. The van der Waals surface area contributed by atoms with Crippen molar-refractivity contribution < 1.29 is 28.2 Å². The minimum atomic E-state index is -1.41. The molecule has 0 aliphatic rings. The number of nitrogens with zero attached hydrogens (tertiary/aromatic N) is 3. The van der Waals surface area contributed by atoms with Crippen LogP contribution in [0.25, 0.3) is 5.69 Å². The van der Waals surface area contributed by atoms with Crippen LogP contribution in [0.5, 0.6) is 5.88 Å². The second-order valence-electron chi connectivity index (χ2n) is 8.34. The number of aliphatic hydroxyl groups is 1. The van der Waals surface area contributed by atoms with E-state index in [-0.39, 0.29) is 40.3 Å². The third-order valence-electron chi connectivity index (χ3n) is 5.42. The Morgan fingerprint density at radius 3 is 2.58 bits per heavy atom. The van der Waals surface area contributed by atoms with E-state index < -0.39 is 35.1 Å². The number of thioether (sulfide) groups is 1. The predicted molar refractivity (Wildman–Crippen MR) is 139 cm³/mol. The topological polar surface area (TPSA) is 114 Å². The lowest BCUT2D eigenvalue weighted by Gasteiger charge is -2.18. The SMILES string of the molecule is CSc1nc(OCc2ccc(F)cc2F)c(Cl)c(=O)n1-c1cc(C(=O)NCC(O)C(=O)N(C)C)ccc1C. The van der Waals surface area contributed by atoms with Gasteiger partial charge in [-0.1, -0.05) is 29.4 Å². The molecule has 0 aliphatic carbocycles. The zero-order valence-corrected chi connectivity index (χ0v) is 22.5. The van der Waals surface area contributed by atoms with Crippen LogP contribution in [0.3, 0.4) is 0 Å². The number of nitrogens with one attached hydrogen (secondary N) is 1. The third-order valence-corrected chi connectivity index (χ3v) is 6.39. The Hall–Kier alpha value is -3.48. The zero-order valence-electron chi connectivity index (χ0n) is 20.9. The predicted octanol–water partition coefficient (Wildman–Crippen LogP) is 2.95. The van der Waals surface area contributed by atoms with Gasteiger partial charge in [0.25, 0.3) is 17.4 Å². The van der Waals surface area contributed by atoms with Gasteiger partial charge in [-0.05, 0) is 43.0 Å². The fourth-order valence-electron chi connectivity index (χ4n) is 3.36. The summed E-state index contributed by atoms with van der Waals surface area (Å²) in [5.41, 5.74) is 0.473. The lowest BCUT2D eigenvalue weighted by Crippen LogP contribution is -2.42. The number of hydrogen-bond donors (Lipinski definition) is 2. The molecular weight excluding hydrogens is 542 g/mol. The number of rotatable bonds is 9. The number of amides is 2. The van der Waals surface area contributed by atoms with Crippen LogP contribution in [-0.4, -0.2) is 64.4 Å². The molecular formula is C25H25ClF2N4O5S. The Morgan fingerprint density at radius 2 is 1.95 bits per heavy atom. The van der Waals surface area contributed by atoms with E-state index in [4.69, 9.17) is 16.3 Å². The standard InChI is InChI=1S/C25H25ClF2N4O5S/c1-13-5-6-14(21(34)29-11-19(33)23(35)31(2)3)9-18(13)32-24(36)20(26)22(30-25(32)38-4)37-12-15-7-8-16(27)10-17(15)28/h5-10,19,33H,11-12H2,1-4H3,(H,29,34). The van der Waals surface area contributed by atoms with Gasteiger partial charge < -0.3 is 20.1 Å². The summed E-state index contributed by atoms with van der Waals surface area (Å²) in [5.74, 6) is -2.91. The number of carbonyl (C=O) groups excluding carboxylic acids is 2. The van der Waals surface area contributed by atoms with Gasteiger partial charge in [0.2, 0.25) is 5.88 Å². The monoisotopic (exact) mass is 566 g/mol. The van der Waals surface area contributed by atoms with Gasteiger partial charge in [0.15, 0.2) is 10.2 Å². The van der Waals surface area contributed by atoms with E-state index in [1.807, 2.05) is 0 Å². The van der Waals surface area contributed by atoms with Gasteiger partial charge in [0, 0.05) is 31.3 Å². The maximum atomic E-state index is 14.0. The van der Waals surface area contributed by atoms with Crippen molar-refractivity contribution in [1.29, 1.82) is 0 Å². The van der Waals surface area contributed by atoms with Crippen LogP contribution in [0, 0.1) is 18.6 Å². The summed E-state index contributed by atoms with van der Waals surface area (Å²) >= 11 is 7.39. The molecule has 2 amide bonds. The number of carbonyl (C=O) groups is 2. The van der Waals surface area contributed by atoms with E-state index in [2.05, 4.69) is 10.3 Å². The maximum Gasteiger partial charge on any atom is 0.281 e. The van der Waals surface area contributed by atoms with Crippen molar-refractivity contribution in [3.05, 3.63) is 80.1 Å². The highest BCUT2D eigenvalue weighted by atomic mass is 35.5. The van der Waals surface area contributed by atoms with Crippen molar-refractivity contribution in [2.75, 3.05) is 26.9 Å². The Kier molecular flexibility index (Phi) is 9.47. The minimum absolute atomic E-state index is 0.0473.